The smallest absolute Gasteiger partial charge is 0.131 e. The van der Waals surface area contributed by atoms with Crippen LogP contribution in [0.25, 0.3) is 0 Å². The number of rotatable bonds is 2. The molecule has 0 bridgehead atoms. The Morgan fingerprint density at radius 1 is 1.06 bits per heavy atom. The van der Waals surface area contributed by atoms with E-state index in [1.165, 1.54) is 0 Å². The van der Waals surface area contributed by atoms with E-state index in [9.17, 15) is 0 Å². The van der Waals surface area contributed by atoms with Gasteiger partial charge in [-0.1, -0.05) is 40.9 Å². The van der Waals surface area contributed by atoms with Crippen molar-refractivity contribution in [1.82, 2.24) is 4.98 Å². The van der Waals surface area contributed by atoms with Gasteiger partial charge >= 0.3 is 0 Å². The topological polar surface area (TPSA) is 38.9 Å². The molecule has 0 fully saturated rings. The summed E-state index contributed by atoms with van der Waals surface area (Å²) >= 11 is 18.0. The molecule has 2 rings (SSSR count). The van der Waals surface area contributed by atoms with Gasteiger partial charge in [0, 0.05) is 27.8 Å². The highest BCUT2D eigenvalue weighted by molar-refractivity contribution is 6.36. The number of pyridine rings is 1. The van der Waals surface area contributed by atoms with Gasteiger partial charge in [0.1, 0.15) is 5.15 Å². The molecule has 17 heavy (non-hydrogen) atoms. The van der Waals surface area contributed by atoms with Crippen molar-refractivity contribution in [2.45, 2.75) is 6.42 Å². The van der Waals surface area contributed by atoms with Gasteiger partial charge in [0.2, 0.25) is 0 Å². The third kappa shape index (κ3) is 3.03. The van der Waals surface area contributed by atoms with Gasteiger partial charge in [-0.25, -0.2) is 4.98 Å². The van der Waals surface area contributed by atoms with Crippen LogP contribution in [-0.2, 0) is 6.42 Å². The fraction of sp³-hybridized carbons (Fsp3) is 0.0833. The Hall–Kier alpha value is -0.960. The van der Waals surface area contributed by atoms with Gasteiger partial charge in [0.05, 0.1) is 0 Å². The number of aromatic nitrogens is 1. The Labute approximate surface area is 114 Å². The summed E-state index contributed by atoms with van der Waals surface area (Å²) in [5, 5.41) is 1.58. The molecule has 1 aromatic heterocycles. The highest BCUT2D eigenvalue weighted by atomic mass is 35.5. The average Bonchev–Trinajstić information content (AvgIpc) is 2.22. The summed E-state index contributed by atoms with van der Waals surface area (Å²) in [6.07, 6.45) is 0.503. The molecule has 1 aromatic carbocycles. The van der Waals surface area contributed by atoms with E-state index in [1.54, 1.807) is 30.3 Å². The molecule has 0 atom stereocenters. The number of hydrogen-bond donors (Lipinski definition) is 1. The monoisotopic (exact) mass is 286 g/mol. The quantitative estimate of drug-likeness (QED) is 0.840. The third-order valence-corrected chi connectivity index (χ3v) is 3.19. The Balaban J connectivity index is 2.38. The van der Waals surface area contributed by atoms with E-state index >= 15 is 0 Å². The maximum Gasteiger partial charge on any atom is 0.131 e. The summed E-state index contributed by atoms with van der Waals surface area (Å²) in [6, 6.07) is 8.73. The Morgan fingerprint density at radius 3 is 2.29 bits per heavy atom. The Morgan fingerprint density at radius 2 is 1.71 bits per heavy atom. The van der Waals surface area contributed by atoms with Crippen LogP contribution in [0.15, 0.2) is 30.3 Å². The van der Waals surface area contributed by atoms with E-state index in [0.29, 0.717) is 27.3 Å². The largest absolute Gasteiger partial charge is 0.399 e. The molecule has 5 heteroatoms. The van der Waals surface area contributed by atoms with Gasteiger partial charge in [-0.15, -0.1) is 0 Å². The zero-order chi connectivity index (χ0) is 12.4. The van der Waals surface area contributed by atoms with E-state index in [-0.39, 0.29) is 0 Å². The second-order valence-corrected chi connectivity index (χ2v) is 4.79. The van der Waals surface area contributed by atoms with Crippen molar-refractivity contribution < 1.29 is 0 Å². The molecule has 0 aliphatic carbocycles. The lowest BCUT2D eigenvalue weighted by Gasteiger charge is -2.07. The van der Waals surface area contributed by atoms with Crippen molar-refractivity contribution in [3.05, 3.63) is 56.8 Å². The molecule has 88 valence electrons. The van der Waals surface area contributed by atoms with Gasteiger partial charge in [-0.05, 0) is 29.8 Å². The lowest BCUT2D eigenvalue weighted by molar-refractivity contribution is 1.08. The molecule has 0 spiro atoms. The number of benzene rings is 1. The lowest BCUT2D eigenvalue weighted by atomic mass is 10.1. The fourth-order valence-corrected chi connectivity index (χ4v) is 2.31. The summed E-state index contributed by atoms with van der Waals surface area (Å²) < 4.78 is 0. The summed E-state index contributed by atoms with van der Waals surface area (Å²) in [4.78, 5) is 4.18. The maximum atomic E-state index is 6.08. The van der Waals surface area contributed by atoms with E-state index in [1.807, 2.05) is 0 Å². The standard InChI is InChI=1S/C12H9Cl3N2/c13-10-2-1-3-11(14)9(10)6-8-4-7(16)5-12(15)17-8/h1-5H,6H2,(H2,16,17). The molecule has 0 radical (unpaired) electrons. The Bertz CT molecular complexity index is 515. The SMILES string of the molecule is Nc1cc(Cl)nc(Cc2c(Cl)cccc2Cl)c1. The van der Waals surface area contributed by atoms with Crippen LogP contribution in [0.2, 0.25) is 15.2 Å². The van der Waals surface area contributed by atoms with Crippen LogP contribution in [0.5, 0.6) is 0 Å². The number of hydrogen-bond acceptors (Lipinski definition) is 2. The van der Waals surface area contributed by atoms with Gasteiger partial charge in [-0.3, -0.25) is 0 Å². The van der Waals surface area contributed by atoms with E-state index in [4.69, 9.17) is 40.5 Å². The molecular formula is C12H9Cl3N2. The second-order valence-electron chi connectivity index (χ2n) is 3.59. The first-order valence-corrected chi connectivity index (χ1v) is 6.04. The van der Waals surface area contributed by atoms with Crippen LogP contribution in [-0.4, -0.2) is 4.98 Å². The van der Waals surface area contributed by atoms with Crippen LogP contribution in [0.3, 0.4) is 0 Å². The molecule has 2 nitrogen and oxygen atoms in total. The first kappa shape index (κ1) is 12.5. The number of anilines is 1. The highest BCUT2D eigenvalue weighted by Crippen LogP contribution is 2.27. The number of nitrogen functional groups attached to an aromatic ring is 1. The predicted molar refractivity (Wildman–Crippen MR) is 72.9 cm³/mol. The molecule has 0 unspecified atom stereocenters. The Kier molecular flexibility index (Phi) is 3.77. The van der Waals surface area contributed by atoms with E-state index < -0.39 is 0 Å². The van der Waals surface area contributed by atoms with Crippen LogP contribution in [0, 0.1) is 0 Å². The van der Waals surface area contributed by atoms with Crippen molar-refractivity contribution in [3.63, 3.8) is 0 Å². The molecule has 0 aliphatic rings. The highest BCUT2D eigenvalue weighted by Gasteiger charge is 2.08. The first-order valence-electron chi connectivity index (χ1n) is 4.91. The third-order valence-electron chi connectivity index (χ3n) is 2.29. The van der Waals surface area contributed by atoms with E-state index in [0.717, 1.165) is 11.3 Å². The maximum absolute atomic E-state index is 6.08. The summed E-state index contributed by atoms with van der Waals surface area (Å²) in [6.45, 7) is 0. The predicted octanol–water partition coefficient (Wildman–Crippen LogP) is 4.21. The van der Waals surface area contributed by atoms with Crippen LogP contribution in [0.4, 0.5) is 5.69 Å². The molecular weight excluding hydrogens is 279 g/mol. The lowest BCUT2D eigenvalue weighted by Crippen LogP contribution is -1.97. The summed E-state index contributed by atoms with van der Waals surface area (Å²) in [5.74, 6) is 0. The van der Waals surface area contributed by atoms with Gasteiger partial charge in [-0.2, -0.15) is 0 Å². The number of nitrogens with two attached hydrogens (primary N) is 1. The van der Waals surface area contributed by atoms with Gasteiger partial charge < -0.3 is 5.73 Å². The van der Waals surface area contributed by atoms with E-state index in [2.05, 4.69) is 4.98 Å². The van der Waals surface area contributed by atoms with Crippen molar-refractivity contribution in [2.75, 3.05) is 5.73 Å². The van der Waals surface area contributed by atoms with Gasteiger partial charge in [0.15, 0.2) is 0 Å². The van der Waals surface area contributed by atoms with Crippen molar-refractivity contribution in [1.29, 1.82) is 0 Å². The van der Waals surface area contributed by atoms with Crippen LogP contribution in [0.1, 0.15) is 11.3 Å². The molecule has 0 saturated carbocycles. The van der Waals surface area contributed by atoms with Crippen molar-refractivity contribution in [2.24, 2.45) is 0 Å². The molecule has 1 heterocycles. The second kappa shape index (κ2) is 5.13. The summed E-state index contributed by atoms with van der Waals surface area (Å²) in [7, 11) is 0. The van der Waals surface area contributed by atoms with Crippen molar-refractivity contribution in [3.8, 4) is 0 Å². The fourth-order valence-electron chi connectivity index (χ4n) is 1.55. The normalized spacial score (nSPS) is 10.5. The molecule has 2 aromatic rings. The average molecular weight is 288 g/mol. The molecule has 0 aliphatic heterocycles. The zero-order valence-electron chi connectivity index (χ0n) is 8.75. The minimum atomic E-state index is 0.364. The minimum Gasteiger partial charge on any atom is -0.399 e. The van der Waals surface area contributed by atoms with Gasteiger partial charge in [0.25, 0.3) is 0 Å². The first-order chi connectivity index (χ1) is 8.06. The van der Waals surface area contributed by atoms with Crippen LogP contribution < -0.4 is 5.73 Å². The van der Waals surface area contributed by atoms with Crippen molar-refractivity contribution >= 4 is 40.5 Å². The zero-order valence-corrected chi connectivity index (χ0v) is 11.0. The molecule has 0 saturated heterocycles. The minimum absolute atomic E-state index is 0.364. The number of halogens is 3. The molecule has 0 amide bonds. The number of nitrogens with zero attached hydrogens (tertiary/aromatic N) is 1. The van der Waals surface area contributed by atoms with Crippen LogP contribution >= 0.6 is 34.8 Å². The summed E-state index contributed by atoms with van der Waals surface area (Å²) in [5.41, 5.74) is 7.84. The molecule has 2 N–H and O–H groups in total.